The van der Waals surface area contributed by atoms with Gasteiger partial charge in [0.15, 0.2) is 16.6 Å². The Bertz CT molecular complexity index is 1030. The minimum absolute atomic E-state index is 0.502. The molecule has 188 valence electrons. The Balaban J connectivity index is 1.29. The highest BCUT2D eigenvalue weighted by atomic mass is 32.1. The molecule has 0 spiro atoms. The summed E-state index contributed by atoms with van der Waals surface area (Å²) in [5, 5.41) is 7.03. The second-order valence-corrected chi connectivity index (χ2v) is 10.5. The molecule has 1 aromatic heterocycles. The molecule has 35 heavy (non-hydrogen) atoms. The van der Waals surface area contributed by atoms with E-state index in [9.17, 15) is 0 Å². The van der Waals surface area contributed by atoms with Gasteiger partial charge in [-0.3, -0.25) is 0 Å². The number of anilines is 3. The van der Waals surface area contributed by atoms with Crippen LogP contribution < -0.4 is 29.9 Å². The number of aromatic nitrogens is 2. The van der Waals surface area contributed by atoms with Crippen molar-refractivity contribution in [3.63, 3.8) is 0 Å². The van der Waals surface area contributed by atoms with E-state index in [2.05, 4.69) is 40.3 Å². The van der Waals surface area contributed by atoms with Crippen LogP contribution in [0.25, 0.3) is 0 Å². The van der Waals surface area contributed by atoms with Gasteiger partial charge in [-0.1, -0.05) is 19.9 Å². The third kappa shape index (κ3) is 6.07. The maximum absolute atomic E-state index is 5.69. The van der Waals surface area contributed by atoms with E-state index in [1.54, 1.807) is 0 Å². The topological polar surface area (TPSA) is 74.8 Å². The van der Waals surface area contributed by atoms with E-state index >= 15 is 0 Å². The first-order chi connectivity index (χ1) is 17.0. The van der Waals surface area contributed by atoms with Crippen molar-refractivity contribution in [3.8, 4) is 11.5 Å². The summed E-state index contributed by atoms with van der Waals surface area (Å²) in [5.41, 5.74) is 1.07. The lowest BCUT2D eigenvalue weighted by Crippen LogP contribution is -2.40. The third-order valence-corrected chi connectivity index (χ3v) is 7.10. The molecule has 2 N–H and O–H groups in total. The highest BCUT2D eigenvalue weighted by molar-refractivity contribution is 7.80. The fourth-order valence-corrected chi connectivity index (χ4v) is 5.46. The average molecular weight is 497 g/mol. The van der Waals surface area contributed by atoms with Gasteiger partial charge in [0.25, 0.3) is 0 Å². The largest absolute Gasteiger partial charge is 0.486 e. The maximum Gasteiger partial charge on any atom is 0.232 e. The van der Waals surface area contributed by atoms with Crippen LogP contribution in [-0.2, 0) is 6.54 Å². The van der Waals surface area contributed by atoms with Crippen LogP contribution in [0.3, 0.4) is 0 Å². The van der Waals surface area contributed by atoms with Gasteiger partial charge in [0, 0.05) is 38.8 Å². The first kappa shape index (κ1) is 23.9. The molecule has 2 saturated heterocycles. The van der Waals surface area contributed by atoms with Crippen molar-refractivity contribution in [3.05, 3.63) is 29.8 Å². The summed E-state index contributed by atoms with van der Waals surface area (Å²) in [5.74, 6) is 5.39. The van der Waals surface area contributed by atoms with Crippen LogP contribution in [0.4, 0.5) is 17.6 Å². The molecular weight excluding hydrogens is 460 g/mol. The zero-order valence-corrected chi connectivity index (χ0v) is 21.6. The Morgan fingerprint density at radius 2 is 1.63 bits per heavy atom. The molecule has 5 rings (SSSR count). The fraction of sp³-hybridized carbons (Fsp3) is 0.577. The number of hydrogen-bond donors (Lipinski definition) is 2. The Morgan fingerprint density at radius 3 is 2.37 bits per heavy atom. The van der Waals surface area contributed by atoms with Gasteiger partial charge < -0.3 is 29.9 Å². The quantitative estimate of drug-likeness (QED) is 0.592. The maximum atomic E-state index is 5.69. The van der Waals surface area contributed by atoms with Gasteiger partial charge in [-0.15, -0.1) is 0 Å². The number of rotatable bonds is 5. The van der Waals surface area contributed by atoms with E-state index in [-0.39, 0.29) is 0 Å². The van der Waals surface area contributed by atoms with Crippen molar-refractivity contribution >= 4 is 34.9 Å². The SMILES string of the molecule is CC1CC(C)CN(c2cc(N3CCCCC3)nc(NC(=S)NCc3ccc4c(c3)OCCO4)n2)C1. The predicted octanol–water partition coefficient (Wildman–Crippen LogP) is 4.21. The van der Waals surface area contributed by atoms with Gasteiger partial charge in [0.05, 0.1) is 0 Å². The summed E-state index contributed by atoms with van der Waals surface area (Å²) in [6, 6.07) is 8.12. The van der Waals surface area contributed by atoms with Crippen molar-refractivity contribution in [1.82, 2.24) is 15.3 Å². The van der Waals surface area contributed by atoms with E-state index < -0.39 is 0 Å². The second-order valence-electron chi connectivity index (χ2n) is 10.1. The zero-order chi connectivity index (χ0) is 24.2. The number of piperidine rings is 2. The van der Waals surface area contributed by atoms with Crippen molar-refractivity contribution in [1.29, 1.82) is 0 Å². The molecule has 0 saturated carbocycles. The van der Waals surface area contributed by atoms with Crippen LogP contribution >= 0.6 is 12.2 Å². The first-order valence-electron chi connectivity index (χ1n) is 12.9. The minimum Gasteiger partial charge on any atom is -0.486 e. The normalized spacial score (nSPS) is 22.0. The second kappa shape index (κ2) is 10.8. The standard InChI is InChI=1S/C26H36N6O2S/c1-18-12-19(2)17-32(16-18)24-14-23(31-8-4-3-5-9-31)28-25(29-24)30-26(35)27-15-20-6-7-21-22(13-20)34-11-10-33-21/h6-7,13-14,18-19H,3-5,8-12,15-17H2,1-2H3,(H2,27,28,29,30,35). The summed E-state index contributed by atoms with van der Waals surface area (Å²) >= 11 is 5.61. The summed E-state index contributed by atoms with van der Waals surface area (Å²) in [6.45, 7) is 10.5. The Morgan fingerprint density at radius 1 is 0.943 bits per heavy atom. The molecule has 0 aliphatic carbocycles. The van der Waals surface area contributed by atoms with E-state index in [0.29, 0.717) is 42.7 Å². The van der Waals surface area contributed by atoms with E-state index in [1.165, 1.54) is 25.7 Å². The van der Waals surface area contributed by atoms with Gasteiger partial charge in [0.2, 0.25) is 5.95 Å². The number of benzene rings is 1. The van der Waals surface area contributed by atoms with E-state index in [4.69, 9.17) is 31.7 Å². The van der Waals surface area contributed by atoms with Gasteiger partial charge >= 0.3 is 0 Å². The summed E-state index contributed by atoms with van der Waals surface area (Å²) in [6.07, 6.45) is 4.96. The number of nitrogens with zero attached hydrogens (tertiary/aromatic N) is 4. The smallest absolute Gasteiger partial charge is 0.232 e. The van der Waals surface area contributed by atoms with Gasteiger partial charge in [0.1, 0.15) is 24.8 Å². The van der Waals surface area contributed by atoms with Crippen molar-refractivity contribution < 1.29 is 9.47 Å². The average Bonchev–Trinajstić information content (AvgIpc) is 2.87. The van der Waals surface area contributed by atoms with Crippen molar-refractivity contribution in [2.75, 3.05) is 54.5 Å². The lowest BCUT2D eigenvalue weighted by Gasteiger charge is -2.36. The molecule has 2 unspecified atom stereocenters. The van der Waals surface area contributed by atoms with Gasteiger partial charge in [-0.25, -0.2) is 0 Å². The summed E-state index contributed by atoms with van der Waals surface area (Å²) in [7, 11) is 0. The third-order valence-electron chi connectivity index (χ3n) is 6.86. The molecule has 1 aromatic carbocycles. The molecule has 0 bridgehead atoms. The van der Waals surface area contributed by atoms with E-state index in [0.717, 1.165) is 54.9 Å². The van der Waals surface area contributed by atoms with Crippen LogP contribution in [0.5, 0.6) is 11.5 Å². The zero-order valence-electron chi connectivity index (χ0n) is 20.8. The summed E-state index contributed by atoms with van der Waals surface area (Å²) in [4.78, 5) is 14.5. The number of nitrogens with one attached hydrogen (secondary N) is 2. The van der Waals surface area contributed by atoms with Crippen LogP contribution in [0, 0.1) is 11.8 Å². The van der Waals surface area contributed by atoms with Crippen molar-refractivity contribution in [2.24, 2.45) is 11.8 Å². The number of thiocarbonyl (C=S) groups is 1. The van der Waals surface area contributed by atoms with Crippen LogP contribution in [0.2, 0.25) is 0 Å². The minimum atomic E-state index is 0.502. The molecule has 0 radical (unpaired) electrons. The number of ether oxygens (including phenoxy) is 2. The van der Waals surface area contributed by atoms with Crippen molar-refractivity contribution in [2.45, 2.75) is 46.1 Å². The lowest BCUT2D eigenvalue weighted by molar-refractivity contribution is 0.171. The monoisotopic (exact) mass is 496 g/mol. The fourth-order valence-electron chi connectivity index (χ4n) is 5.30. The molecule has 3 aliphatic rings. The first-order valence-corrected chi connectivity index (χ1v) is 13.3. The Hall–Kier alpha value is -2.81. The molecule has 3 aliphatic heterocycles. The molecule has 8 nitrogen and oxygen atoms in total. The number of fused-ring (bicyclic) bond motifs is 1. The van der Waals surface area contributed by atoms with Gasteiger partial charge in [-0.2, -0.15) is 9.97 Å². The number of hydrogen-bond acceptors (Lipinski definition) is 7. The lowest BCUT2D eigenvalue weighted by atomic mass is 9.92. The van der Waals surface area contributed by atoms with Crippen LogP contribution in [0.15, 0.2) is 24.3 Å². The van der Waals surface area contributed by atoms with E-state index in [1.807, 2.05) is 18.2 Å². The van der Waals surface area contributed by atoms with Crippen LogP contribution in [-0.4, -0.2) is 54.5 Å². The molecule has 2 atom stereocenters. The van der Waals surface area contributed by atoms with Crippen LogP contribution in [0.1, 0.15) is 45.1 Å². The highest BCUT2D eigenvalue weighted by Gasteiger charge is 2.25. The molecular formula is C26H36N6O2S. The van der Waals surface area contributed by atoms with Gasteiger partial charge in [-0.05, 0) is 67.4 Å². The molecule has 9 heteroatoms. The molecule has 4 heterocycles. The molecule has 0 amide bonds. The molecule has 2 fully saturated rings. The Kier molecular flexibility index (Phi) is 7.41. The summed E-state index contributed by atoms with van der Waals surface area (Å²) < 4.78 is 11.3. The highest BCUT2D eigenvalue weighted by Crippen LogP contribution is 2.31. The molecule has 2 aromatic rings. The predicted molar refractivity (Wildman–Crippen MR) is 144 cm³/mol. The Labute approximate surface area is 213 Å².